The lowest BCUT2D eigenvalue weighted by Crippen LogP contribution is -2.41. The highest BCUT2D eigenvalue weighted by Gasteiger charge is 2.23. The van der Waals surface area contributed by atoms with Crippen molar-refractivity contribution in [1.82, 2.24) is 9.55 Å². The highest BCUT2D eigenvalue weighted by atomic mass is 35.5. The van der Waals surface area contributed by atoms with Crippen LogP contribution in [0.1, 0.15) is 39.2 Å². The highest BCUT2D eigenvalue weighted by Crippen LogP contribution is 2.26. The number of nitrogen functional groups attached to an aromatic ring is 1. The smallest absolute Gasteiger partial charge is 0.330 e. The minimum Gasteiger partial charge on any atom is -0.383 e. The van der Waals surface area contributed by atoms with E-state index in [1.165, 1.54) is 39.8 Å². The molecule has 0 aliphatic rings. The molecule has 0 atom stereocenters. The first-order chi connectivity index (χ1) is 15.1. The standard InChI is InChI=1S/C21H26ClN5O5/c1-4-5-10-25(18-19(23)26(12-13(2)3)21(30)24-20(18)29)17(28)9-7-14-6-8-15(22)16(11-14)27(31)32/h6-9,11,13H,4-5,10,12,23H2,1-3H3,(H,24,29,30)/b9-7+. The molecule has 2 aromatic rings. The van der Waals surface area contributed by atoms with Gasteiger partial charge in [-0.05, 0) is 30.0 Å². The number of anilines is 2. The van der Waals surface area contributed by atoms with Crippen LogP contribution in [-0.4, -0.2) is 26.9 Å². The second-order valence-corrected chi connectivity index (χ2v) is 8.05. The Kier molecular flexibility index (Phi) is 8.36. The van der Waals surface area contributed by atoms with Gasteiger partial charge in [-0.25, -0.2) is 4.79 Å². The van der Waals surface area contributed by atoms with E-state index in [1.54, 1.807) is 0 Å². The second-order valence-electron chi connectivity index (χ2n) is 7.64. The van der Waals surface area contributed by atoms with Crippen molar-refractivity contribution in [2.24, 2.45) is 5.92 Å². The van der Waals surface area contributed by atoms with Gasteiger partial charge in [0, 0.05) is 25.2 Å². The van der Waals surface area contributed by atoms with Crippen LogP contribution in [0.3, 0.4) is 0 Å². The first kappa shape index (κ1) is 24.9. The average molecular weight is 464 g/mol. The van der Waals surface area contributed by atoms with Gasteiger partial charge in [0.15, 0.2) is 5.69 Å². The SMILES string of the molecule is CCCCN(C(=O)/C=C/c1ccc(Cl)c([N+](=O)[O-])c1)c1c(N)n(CC(C)C)c(=O)[nH]c1=O. The summed E-state index contributed by atoms with van der Waals surface area (Å²) in [6.45, 7) is 6.19. The number of hydrogen-bond acceptors (Lipinski definition) is 6. The van der Waals surface area contributed by atoms with Crippen molar-refractivity contribution >= 4 is 40.8 Å². The zero-order chi connectivity index (χ0) is 24.0. The van der Waals surface area contributed by atoms with Crippen molar-refractivity contribution in [2.45, 2.75) is 40.2 Å². The number of unbranched alkanes of at least 4 members (excludes halogenated alkanes) is 1. The normalized spacial score (nSPS) is 11.3. The Bertz CT molecular complexity index is 1150. The number of aromatic nitrogens is 2. The summed E-state index contributed by atoms with van der Waals surface area (Å²) in [6.07, 6.45) is 3.92. The molecule has 11 heteroatoms. The van der Waals surface area contributed by atoms with Crippen LogP contribution < -0.4 is 21.9 Å². The number of nitrogens with two attached hydrogens (primary N) is 1. The van der Waals surface area contributed by atoms with Crippen LogP contribution in [-0.2, 0) is 11.3 Å². The number of nitro groups is 1. The average Bonchev–Trinajstić information content (AvgIpc) is 2.72. The van der Waals surface area contributed by atoms with Gasteiger partial charge in [0.1, 0.15) is 10.8 Å². The van der Waals surface area contributed by atoms with Gasteiger partial charge in [-0.15, -0.1) is 0 Å². The molecular weight excluding hydrogens is 438 g/mol. The number of nitro benzene ring substituents is 1. The van der Waals surface area contributed by atoms with E-state index in [0.717, 1.165) is 6.42 Å². The molecule has 0 bridgehead atoms. The maximum Gasteiger partial charge on any atom is 0.330 e. The van der Waals surface area contributed by atoms with E-state index >= 15 is 0 Å². The summed E-state index contributed by atoms with van der Waals surface area (Å²) in [5.41, 5.74) is 4.76. The van der Waals surface area contributed by atoms with Crippen molar-refractivity contribution in [3.63, 3.8) is 0 Å². The molecule has 10 nitrogen and oxygen atoms in total. The molecule has 0 saturated heterocycles. The summed E-state index contributed by atoms with van der Waals surface area (Å²) < 4.78 is 1.24. The Balaban J connectivity index is 2.49. The molecule has 3 N–H and O–H groups in total. The van der Waals surface area contributed by atoms with Crippen LogP contribution in [0.5, 0.6) is 0 Å². The molecule has 172 valence electrons. The van der Waals surface area contributed by atoms with Crippen molar-refractivity contribution in [3.8, 4) is 0 Å². The van der Waals surface area contributed by atoms with Gasteiger partial charge < -0.3 is 10.6 Å². The fourth-order valence-corrected chi connectivity index (χ4v) is 3.25. The zero-order valence-corrected chi connectivity index (χ0v) is 18.9. The molecular formula is C21H26ClN5O5. The Hall–Kier alpha value is -3.40. The predicted molar refractivity (Wildman–Crippen MR) is 125 cm³/mol. The van der Waals surface area contributed by atoms with Gasteiger partial charge in [-0.2, -0.15) is 0 Å². The van der Waals surface area contributed by atoms with Crippen molar-refractivity contribution in [3.05, 3.63) is 65.8 Å². The Morgan fingerprint density at radius 2 is 2.06 bits per heavy atom. The fraction of sp³-hybridized carbons (Fsp3) is 0.381. The molecule has 0 aliphatic carbocycles. The number of benzene rings is 1. The van der Waals surface area contributed by atoms with E-state index in [4.69, 9.17) is 17.3 Å². The third kappa shape index (κ3) is 5.85. The third-order valence-corrected chi connectivity index (χ3v) is 4.94. The van der Waals surface area contributed by atoms with E-state index < -0.39 is 22.1 Å². The van der Waals surface area contributed by atoms with E-state index in [-0.39, 0.29) is 41.2 Å². The van der Waals surface area contributed by atoms with Gasteiger partial charge in [-0.3, -0.25) is 29.3 Å². The van der Waals surface area contributed by atoms with Gasteiger partial charge in [0.05, 0.1) is 4.92 Å². The first-order valence-electron chi connectivity index (χ1n) is 10.1. The van der Waals surface area contributed by atoms with Crippen molar-refractivity contribution < 1.29 is 9.72 Å². The van der Waals surface area contributed by atoms with Crippen LogP contribution in [0.25, 0.3) is 6.08 Å². The molecule has 0 spiro atoms. The molecule has 1 aromatic heterocycles. The molecule has 1 amide bonds. The maximum atomic E-state index is 13.0. The highest BCUT2D eigenvalue weighted by molar-refractivity contribution is 6.32. The zero-order valence-electron chi connectivity index (χ0n) is 18.1. The monoisotopic (exact) mass is 463 g/mol. The maximum absolute atomic E-state index is 13.0. The molecule has 32 heavy (non-hydrogen) atoms. The fourth-order valence-electron chi connectivity index (χ4n) is 3.06. The lowest BCUT2D eigenvalue weighted by atomic mass is 10.2. The van der Waals surface area contributed by atoms with E-state index in [1.807, 2.05) is 20.8 Å². The Labute approximate surface area is 189 Å². The summed E-state index contributed by atoms with van der Waals surface area (Å²) in [7, 11) is 0. The number of amides is 1. The van der Waals surface area contributed by atoms with Crippen LogP contribution in [0.15, 0.2) is 33.9 Å². The third-order valence-electron chi connectivity index (χ3n) is 4.62. The number of hydrogen-bond donors (Lipinski definition) is 2. The minimum absolute atomic E-state index is 0.0187. The predicted octanol–water partition coefficient (Wildman–Crippen LogP) is 3.18. The summed E-state index contributed by atoms with van der Waals surface area (Å²) in [5.74, 6) is -0.565. The lowest BCUT2D eigenvalue weighted by Gasteiger charge is -2.23. The largest absolute Gasteiger partial charge is 0.383 e. The van der Waals surface area contributed by atoms with Crippen molar-refractivity contribution in [2.75, 3.05) is 17.2 Å². The quantitative estimate of drug-likeness (QED) is 0.332. The molecule has 0 aliphatic heterocycles. The number of carbonyl (C=O) groups is 1. The van der Waals surface area contributed by atoms with Gasteiger partial charge in [0.25, 0.3) is 17.2 Å². The van der Waals surface area contributed by atoms with Gasteiger partial charge in [-0.1, -0.05) is 44.9 Å². The van der Waals surface area contributed by atoms with Crippen LogP contribution in [0.2, 0.25) is 5.02 Å². The summed E-state index contributed by atoms with van der Waals surface area (Å²) in [6, 6.07) is 4.13. The molecule has 0 radical (unpaired) electrons. The van der Waals surface area contributed by atoms with Gasteiger partial charge >= 0.3 is 5.69 Å². The number of aromatic amines is 1. The Morgan fingerprint density at radius 1 is 1.38 bits per heavy atom. The topological polar surface area (TPSA) is 144 Å². The summed E-state index contributed by atoms with van der Waals surface area (Å²) in [4.78, 5) is 51.7. The molecule has 1 heterocycles. The number of halogens is 1. The number of nitrogens with zero attached hydrogens (tertiary/aromatic N) is 3. The molecule has 0 fully saturated rings. The lowest BCUT2D eigenvalue weighted by molar-refractivity contribution is -0.384. The number of carbonyl (C=O) groups excluding carboxylic acids is 1. The summed E-state index contributed by atoms with van der Waals surface area (Å²) >= 11 is 5.82. The molecule has 0 saturated carbocycles. The molecule has 0 unspecified atom stereocenters. The van der Waals surface area contributed by atoms with Crippen LogP contribution in [0.4, 0.5) is 17.2 Å². The van der Waals surface area contributed by atoms with E-state index in [9.17, 15) is 24.5 Å². The Morgan fingerprint density at radius 3 is 2.66 bits per heavy atom. The van der Waals surface area contributed by atoms with E-state index in [0.29, 0.717) is 12.0 Å². The van der Waals surface area contributed by atoms with Crippen molar-refractivity contribution in [1.29, 1.82) is 0 Å². The van der Waals surface area contributed by atoms with E-state index in [2.05, 4.69) is 4.98 Å². The van der Waals surface area contributed by atoms with Gasteiger partial charge in [0.2, 0.25) is 0 Å². The number of H-pyrrole nitrogens is 1. The number of nitrogens with one attached hydrogen (secondary N) is 1. The first-order valence-corrected chi connectivity index (χ1v) is 10.5. The van der Waals surface area contributed by atoms with Crippen LogP contribution >= 0.6 is 11.6 Å². The summed E-state index contributed by atoms with van der Waals surface area (Å²) in [5, 5.41) is 11.1. The number of rotatable bonds is 9. The van der Waals surface area contributed by atoms with Crippen LogP contribution in [0, 0.1) is 16.0 Å². The second kappa shape index (κ2) is 10.8. The molecule has 2 rings (SSSR count). The minimum atomic E-state index is -0.757. The molecule has 1 aromatic carbocycles.